The third kappa shape index (κ3) is 4.45. The Labute approximate surface area is 151 Å². The fraction of sp³-hybridized carbons (Fsp3) is 0.158. The number of rotatable bonds is 6. The smallest absolute Gasteiger partial charge is 0.292 e. The summed E-state index contributed by atoms with van der Waals surface area (Å²) in [5.74, 6) is -0.538. The Morgan fingerprint density at radius 2 is 1.96 bits per heavy atom. The molecule has 1 atom stereocenters. The van der Waals surface area contributed by atoms with Crippen LogP contribution < -0.4 is 10.6 Å². The van der Waals surface area contributed by atoms with Crippen LogP contribution in [0.4, 0.5) is 11.4 Å². The molecular formula is C19H18N4O3. The number of anilines is 1. The van der Waals surface area contributed by atoms with Crippen LogP contribution in [0.15, 0.2) is 54.1 Å². The molecule has 0 saturated heterocycles. The Kier molecular flexibility index (Phi) is 6.06. The highest BCUT2D eigenvalue weighted by atomic mass is 16.6. The summed E-state index contributed by atoms with van der Waals surface area (Å²) in [5, 5.41) is 25.9. The average Bonchev–Trinajstić information content (AvgIpc) is 2.66. The van der Waals surface area contributed by atoms with Gasteiger partial charge in [0.1, 0.15) is 17.3 Å². The first-order valence-electron chi connectivity index (χ1n) is 7.90. The van der Waals surface area contributed by atoms with Crippen LogP contribution in [0.2, 0.25) is 0 Å². The topological polar surface area (TPSA) is 108 Å². The number of nitro benzene ring substituents is 1. The van der Waals surface area contributed by atoms with Crippen molar-refractivity contribution in [1.82, 2.24) is 5.32 Å². The van der Waals surface area contributed by atoms with Gasteiger partial charge in [-0.05, 0) is 30.2 Å². The Morgan fingerprint density at radius 3 is 2.54 bits per heavy atom. The minimum Gasteiger partial charge on any atom is -0.383 e. The zero-order chi connectivity index (χ0) is 19.1. The second-order valence-electron chi connectivity index (χ2n) is 5.56. The standard InChI is InChI=1S/C19H18N4O3/c1-13(15-6-4-3-5-7-15)22-19(24)16(12-20)10-14-8-9-17(21-2)18(11-14)23(25)26/h3-11,13,21H,1-2H3,(H,22,24)/b16-10+. The molecule has 2 aromatic carbocycles. The van der Waals surface area contributed by atoms with Gasteiger partial charge < -0.3 is 10.6 Å². The highest BCUT2D eigenvalue weighted by Gasteiger charge is 2.16. The van der Waals surface area contributed by atoms with E-state index < -0.39 is 10.8 Å². The van der Waals surface area contributed by atoms with Crippen LogP contribution in [0.5, 0.6) is 0 Å². The van der Waals surface area contributed by atoms with Crippen LogP contribution in [0.3, 0.4) is 0 Å². The quantitative estimate of drug-likeness (QED) is 0.359. The molecule has 2 N–H and O–H groups in total. The van der Waals surface area contributed by atoms with Crippen molar-refractivity contribution in [3.8, 4) is 6.07 Å². The van der Waals surface area contributed by atoms with E-state index in [1.165, 1.54) is 18.2 Å². The second-order valence-corrected chi connectivity index (χ2v) is 5.56. The maximum Gasteiger partial charge on any atom is 0.292 e. The molecule has 7 heteroatoms. The number of hydrogen-bond acceptors (Lipinski definition) is 5. The predicted molar refractivity (Wildman–Crippen MR) is 99.2 cm³/mol. The summed E-state index contributed by atoms with van der Waals surface area (Å²) in [4.78, 5) is 23.0. The highest BCUT2D eigenvalue weighted by Crippen LogP contribution is 2.26. The van der Waals surface area contributed by atoms with Gasteiger partial charge in [-0.15, -0.1) is 0 Å². The molecule has 1 unspecified atom stereocenters. The Hall–Kier alpha value is -3.66. The Morgan fingerprint density at radius 1 is 1.27 bits per heavy atom. The first-order valence-corrected chi connectivity index (χ1v) is 7.90. The molecule has 0 fully saturated rings. The molecule has 0 heterocycles. The van der Waals surface area contributed by atoms with Crippen molar-refractivity contribution >= 4 is 23.4 Å². The maximum absolute atomic E-state index is 12.4. The van der Waals surface area contributed by atoms with Gasteiger partial charge >= 0.3 is 0 Å². The van der Waals surface area contributed by atoms with E-state index >= 15 is 0 Å². The van der Waals surface area contributed by atoms with Gasteiger partial charge in [0, 0.05) is 13.1 Å². The summed E-state index contributed by atoms with van der Waals surface area (Å²) >= 11 is 0. The van der Waals surface area contributed by atoms with Gasteiger partial charge in [-0.25, -0.2) is 0 Å². The van der Waals surface area contributed by atoms with E-state index in [0.717, 1.165) is 5.56 Å². The Balaban J connectivity index is 2.24. The molecule has 0 aliphatic heterocycles. The third-order valence-electron chi connectivity index (χ3n) is 3.81. The molecule has 0 saturated carbocycles. The molecule has 7 nitrogen and oxygen atoms in total. The van der Waals surface area contributed by atoms with Crippen molar-refractivity contribution in [3.05, 3.63) is 75.3 Å². The Bertz CT molecular complexity index is 885. The van der Waals surface area contributed by atoms with E-state index in [2.05, 4.69) is 10.6 Å². The van der Waals surface area contributed by atoms with Crippen LogP contribution in [-0.2, 0) is 4.79 Å². The second kappa shape index (κ2) is 8.44. The zero-order valence-electron chi connectivity index (χ0n) is 14.4. The van der Waals surface area contributed by atoms with Crippen molar-refractivity contribution in [1.29, 1.82) is 5.26 Å². The number of carbonyl (C=O) groups excluding carboxylic acids is 1. The molecule has 0 aliphatic carbocycles. The SMILES string of the molecule is CNc1ccc(/C=C(\C#N)C(=O)NC(C)c2ccccc2)cc1[N+](=O)[O-]. The van der Waals surface area contributed by atoms with E-state index in [1.807, 2.05) is 43.3 Å². The van der Waals surface area contributed by atoms with Crippen LogP contribution in [-0.4, -0.2) is 17.9 Å². The van der Waals surface area contributed by atoms with Crippen molar-refractivity contribution in [2.24, 2.45) is 0 Å². The number of nitriles is 1. The van der Waals surface area contributed by atoms with Crippen LogP contribution >= 0.6 is 0 Å². The first kappa shape index (κ1) is 18.7. The highest BCUT2D eigenvalue weighted by molar-refractivity contribution is 6.02. The number of nitrogens with one attached hydrogen (secondary N) is 2. The van der Waals surface area contributed by atoms with Gasteiger partial charge in [0.25, 0.3) is 11.6 Å². The van der Waals surface area contributed by atoms with Crippen LogP contribution in [0.1, 0.15) is 24.1 Å². The molecule has 0 aliphatic rings. The van der Waals surface area contributed by atoms with Gasteiger partial charge in [-0.1, -0.05) is 36.4 Å². The lowest BCUT2D eigenvalue weighted by Crippen LogP contribution is -2.27. The van der Waals surface area contributed by atoms with E-state index in [-0.39, 0.29) is 17.3 Å². The molecule has 0 radical (unpaired) electrons. The molecule has 132 valence electrons. The maximum atomic E-state index is 12.4. The molecule has 2 aromatic rings. The van der Waals surface area contributed by atoms with Crippen molar-refractivity contribution in [2.45, 2.75) is 13.0 Å². The third-order valence-corrected chi connectivity index (χ3v) is 3.81. The first-order chi connectivity index (χ1) is 12.5. The lowest BCUT2D eigenvalue weighted by molar-refractivity contribution is -0.384. The minimum atomic E-state index is -0.538. The summed E-state index contributed by atoms with van der Waals surface area (Å²) in [6.45, 7) is 1.81. The minimum absolute atomic E-state index is 0.126. The van der Waals surface area contributed by atoms with Gasteiger partial charge in [0.05, 0.1) is 11.0 Å². The predicted octanol–water partition coefficient (Wildman–Crippen LogP) is 3.42. The molecule has 1 amide bonds. The zero-order valence-corrected chi connectivity index (χ0v) is 14.4. The number of benzene rings is 2. The van der Waals surface area contributed by atoms with Gasteiger partial charge in [-0.2, -0.15) is 5.26 Å². The fourth-order valence-corrected chi connectivity index (χ4v) is 2.42. The summed E-state index contributed by atoms with van der Waals surface area (Å²) in [5.41, 5.74) is 1.41. The monoisotopic (exact) mass is 350 g/mol. The molecular weight excluding hydrogens is 332 g/mol. The molecule has 26 heavy (non-hydrogen) atoms. The van der Waals surface area contributed by atoms with Gasteiger partial charge in [0.2, 0.25) is 0 Å². The number of hydrogen-bond donors (Lipinski definition) is 2. The van der Waals surface area contributed by atoms with E-state index in [4.69, 9.17) is 0 Å². The number of carbonyl (C=O) groups is 1. The average molecular weight is 350 g/mol. The number of nitro groups is 1. The summed E-state index contributed by atoms with van der Waals surface area (Å²) in [6, 6.07) is 15.4. The van der Waals surface area contributed by atoms with Crippen molar-refractivity contribution in [3.63, 3.8) is 0 Å². The van der Waals surface area contributed by atoms with Crippen LogP contribution in [0.25, 0.3) is 6.08 Å². The molecule has 0 aromatic heterocycles. The van der Waals surface area contributed by atoms with E-state index in [0.29, 0.717) is 11.3 Å². The molecule has 0 spiro atoms. The lowest BCUT2D eigenvalue weighted by atomic mass is 10.1. The normalized spacial score (nSPS) is 12.0. The largest absolute Gasteiger partial charge is 0.383 e. The van der Waals surface area contributed by atoms with Gasteiger partial charge in [0.15, 0.2) is 0 Å². The van der Waals surface area contributed by atoms with Crippen molar-refractivity contribution < 1.29 is 9.72 Å². The van der Waals surface area contributed by atoms with E-state index in [9.17, 15) is 20.2 Å². The van der Waals surface area contributed by atoms with Gasteiger partial charge in [-0.3, -0.25) is 14.9 Å². The number of nitrogens with zero attached hydrogens (tertiary/aromatic N) is 2. The summed E-state index contributed by atoms with van der Waals surface area (Å²) < 4.78 is 0. The molecule has 2 rings (SSSR count). The van der Waals surface area contributed by atoms with E-state index in [1.54, 1.807) is 13.1 Å². The molecule has 0 bridgehead atoms. The number of amides is 1. The lowest BCUT2D eigenvalue weighted by Gasteiger charge is -2.13. The summed E-state index contributed by atoms with van der Waals surface area (Å²) in [7, 11) is 1.58. The van der Waals surface area contributed by atoms with Crippen LogP contribution in [0, 0.1) is 21.4 Å². The summed E-state index contributed by atoms with van der Waals surface area (Å²) in [6.07, 6.45) is 1.33. The fourth-order valence-electron chi connectivity index (χ4n) is 2.42. The van der Waals surface area contributed by atoms with Crippen molar-refractivity contribution in [2.75, 3.05) is 12.4 Å².